The summed E-state index contributed by atoms with van der Waals surface area (Å²) in [6, 6.07) is 3.63. The number of carbonyl (C=O) groups is 1. The van der Waals surface area contributed by atoms with Gasteiger partial charge in [0.15, 0.2) is 0 Å². The van der Waals surface area contributed by atoms with Gasteiger partial charge < -0.3 is 14.0 Å². The maximum absolute atomic E-state index is 11.6. The van der Waals surface area contributed by atoms with Gasteiger partial charge in [-0.15, -0.1) is 0 Å². The van der Waals surface area contributed by atoms with Gasteiger partial charge in [-0.1, -0.05) is 6.92 Å². The number of hydrogen-bond acceptors (Lipinski definition) is 4. The van der Waals surface area contributed by atoms with Crippen LogP contribution in [0, 0.1) is 0 Å². The number of methoxy groups -OCH3 is 1. The zero-order chi connectivity index (χ0) is 14.8. The highest BCUT2D eigenvalue weighted by Gasteiger charge is 2.23. The van der Waals surface area contributed by atoms with Crippen LogP contribution in [-0.2, 0) is 4.74 Å². The molecule has 0 spiro atoms. The second kappa shape index (κ2) is 5.85. The van der Waals surface area contributed by atoms with E-state index < -0.39 is 0 Å². The van der Waals surface area contributed by atoms with Gasteiger partial charge in [-0.05, 0) is 44.6 Å². The highest BCUT2D eigenvalue weighted by atomic mass is 16.5. The van der Waals surface area contributed by atoms with Crippen molar-refractivity contribution in [2.75, 3.05) is 26.7 Å². The molecule has 21 heavy (non-hydrogen) atoms. The summed E-state index contributed by atoms with van der Waals surface area (Å²) in [5, 5.41) is 0. The van der Waals surface area contributed by atoms with Crippen LogP contribution >= 0.6 is 0 Å². The van der Waals surface area contributed by atoms with E-state index >= 15 is 0 Å². The van der Waals surface area contributed by atoms with E-state index in [2.05, 4.69) is 21.2 Å². The first-order chi connectivity index (χ1) is 10.2. The molecular formula is C16H21N3O2. The third kappa shape index (κ3) is 2.65. The normalized spacial score (nSPS) is 17.2. The average molecular weight is 287 g/mol. The molecule has 0 aliphatic carbocycles. The number of esters is 1. The third-order valence-electron chi connectivity index (χ3n) is 4.38. The monoisotopic (exact) mass is 287 g/mol. The number of rotatable bonds is 3. The fourth-order valence-corrected chi connectivity index (χ4v) is 3.07. The van der Waals surface area contributed by atoms with Gasteiger partial charge in [0, 0.05) is 12.1 Å². The predicted octanol–water partition coefficient (Wildman–Crippen LogP) is 2.32. The van der Waals surface area contributed by atoms with Gasteiger partial charge in [-0.3, -0.25) is 0 Å². The molecule has 0 N–H and O–H groups in total. The van der Waals surface area contributed by atoms with Crippen LogP contribution in [0.3, 0.4) is 0 Å². The molecule has 1 saturated heterocycles. The summed E-state index contributed by atoms with van der Waals surface area (Å²) in [5.74, 6) is 1.30. The van der Waals surface area contributed by atoms with Crippen LogP contribution < -0.4 is 0 Å². The van der Waals surface area contributed by atoms with Crippen molar-refractivity contribution < 1.29 is 9.53 Å². The summed E-state index contributed by atoms with van der Waals surface area (Å²) in [7, 11) is 1.40. The first-order valence-electron chi connectivity index (χ1n) is 7.50. The molecule has 0 aromatic carbocycles. The largest absolute Gasteiger partial charge is 0.465 e. The fourth-order valence-electron chi connectivity index (χ4n) is 3.07. The molecule has 2 aromatic rings. The number of hydrogen-bond donors (Lipinski definition) is 0. The molecule has 1 aliphatic rings. The van der Waals surface area contributed by atoms with Gasteiger partial charge in [0.05, 0.1) is 24.4 Å². The lowest BCUT2D eigenvalue weighted by Gasteiger charge is -2.30. The van der Waals surface area contributed by atoms with Crippen LogP contribution in [0.15, 0.2) is 24.5 Å². The summed E-state index contributed by atoms with van der Waals surface area (Å²) in [6.45, 7) is 5.60. The second-order valence-corrected chi connectivity index (χ2v) is 5.53. The molecule has 2 aromatic heterocycles. The van der Waals surface area contributed by atoms with Gasteiger partial charge in [0.25, 0.3) is 0 Å². The van der Waals surface area contributed by atoms with Crippen molar-refractivity contribution in [3.8, 4) is 0 Å². The van der Waals surface area contributed by atoms with Crippen molar-refractivity contribution in [3.05, 3.63) is 35.9 Å². The van der Waals surface area contributed by atoms with Crippen LogP contribution in [0.4, 0.5) is 0 Å². The van der Waals surface area contributed by atoms with E-state index in [1.165, 1.54) is 7.11 Å². The lowest BCUT2D eigenvalue weighted by Crippen LogP contribution is -2.33. The van der Waals surface area contributed by atoms with Crippen molar-refractivity contribution in [1.82, 2.24) is 14.3 Å². The van der Waals surface area contributed by atoms with Crippen molar-refractivity contribution in [3.63, 3.8) is 0 Å². The molecule has 3 rings (SSSR count). The van der Waals surface area contributed by atoms with Crippen LogP contribution in [0.2, 0.25) is 0 Å². The SMILES string of the molecule is CCN1CCC(c2ncc3cc(C(=O)OC)ccn23)CC1. The van der Waals surface area contributed by atoms with Gasteiger partial charge in [0.1, 0.15) is 5.82 Å². The van der Waals surface area contributed by atoms with E-state index in [1.807, 2.05) is 18.5 Å². The number of likely N-dealkylation sites (tertiary alicyclic amines) is 1. The van der Waals surface area contributed by atoms with Crippen molar-refractivity contribution in [2.24, 2.45) is 0 Å². The molecule has 5 heteroatoms. The Morgan fingerprint density at radius 1 is 1.43 bits per heavy atom. The standard InChI is InChI=1S/C16H21N3O2/c1-3-18-7-4-12(5-8-18)15-17-11-14-10-13(16(20)21-2)6-9-19(14)15/h6,9-12H,3-5,7-8H2,1-2H3. The molecule has 112 valence electrons. The maximum atomic E-state index is 11.6. The van der Waals surface area contributed by atoms with E-state index in [0.717, 1.165) is 43.8 Å². The summed E-state index contributed by atoms with van der Waals surface area (Å²) >= 11 is 0. The van der Waals surface area contributed by atoms with Crippen LogP contribution in [0.5, 0.6) is 0 Å². The Bertz CT molecular complexity index is 642. The Balaban J connectivity index is 1.86. The van der Waals surface area contributed by atoms with Gasteiger partial charge in [0.2, 0.25) is 0 Å². The topological polar surface area (TPSA) is 46.8 Å². The Kier molecular flexibility index (Phi) is 3.92. The highest BCUT2D eigenvalue weighted by Crippen LogP contribution is 2.27. The van der Waals surface area contributed by atoms with Crippen LogP contribution in [-0.4, -0.2) is 47.0 Å². The second-order valence-electron chi connectivity index (χ2n) is 5.53. The smallest absolute Gasteiger partial charge is 0.337 e. The Labute approximate surface area is 124 Å². The molecular weight excluding hydrogens is 266 g/mol. The van der Waals surface area contributed by atoms with Crippen molar-refractivity contribution >= 4 is 11.5 Å². The van der Waals surface area contributed by atoms with Crippen molar-refractivity contribution in [2.45, 2.75) is 25.7 Å². The maximum Gasteiger partial charge on any atom is 0.337 e. The summed E-state index contributed by atoms with van der Waals surface area (Å²) < 4.78 is 6.85. The van der Waals surface area contributed by atoms with Gasteiger partial charge in [-0.25, -0.2) is 9.78 Å². The molecule has 1 aliphatic heterocycles. The van der Waals surface area contributed by atoms with E-state index in [-0.39, 0.29) is 5.97 Å². The van der Waals surface area contributed by atoms with Crippen LogP contribution in [0.25, 0.3) is 5.52 Å². The average Bonchev–Trinajstić information content (AvgIpc) is 2.97. The zero-order valence-corrected chi connectivity index (χ0v) is 12.6. The number of aromatic nitrogens is 2. The number of fused-ring (bicyclic) bond motifs is 1. The Hall–Kier alpha value is -1.88. The predicted molar refractivity (Wildman–Crippen MR) is 80.6 cm³/mol. The molecule has 0 amide bonds. The number of imidazole rings is 1. The number of pyridine rings is 1. The lowest BCUT2D eigenvalue weighted by atomic mass is 9.96. The molecule has 0 saturated carbocycles. The molecule has 0 bridgehead atoms. The number of carbonyl (C=O) groups excluding carboxylic acids is 1. The number of piperidine rings is 1. The molecule has 0 atom stereocenters. The fraction of sp³-hybridized carbons (Fsp3) is 0.500. The van der Waals surface area contributed by atoms with E-state index in [9.17, 15) is 4.79 Å². The van der Waals surface area contributed by atoms with E-state index in [1.54, 1.807) is 6.07 Å². The third-order valence-corrected chi connectivity index (χ3v) is 4.38. The molecule has 3 heterocycles. The summed E-state index contributed by atoms with van der Waals surface area (Å²) in [5.41, 5.74) is 1.52. The van der Waals surface area contributed by atoms with Gasteiger partial charge in [-0.2, -0.15) is 0 Å². The summed E-state index contributed by atoms with van der Waals surface area (Å²) in [6.07, 6.45) is 6.06. The van der Waals surface area contributed by atoms with E-state index in [4.69, 9.17) is 4.74 Å². The Morgan fingerprint density at radius 3 is 2.86 bits per heavy atom. The molecule has 5 nitrogen and oxygen atoms in total. The minimum Gasteiger partial charge on any atom is -0.465 e. The first-order valence-corrected chi connectivity index (χ1v) is 7.50. The summed E-state index contributed by atoms with van der Waals surface area (Å²) in [4.78, 5) is 18.6. The molecule has 0 unspecified atom stereocenters. The van der Waals surface area contributed by atoms with Crippen molar-refractivity contribution in [1.29, 1.82) is 0 Å². The molecule has 1 fully saturated rings. The van der Waals surface area contributed by atoms with Crippen LogP contribution in [0.1, 0.15) is 41.9 Å². The zero-order valence-electron chi connectivity index (χ0n) is 12.6. The number of ether oxygens (including phenoxy) is 1. The molecule has 0 radical (unpaired) electrons. The lowest BCUT2D eigenvalue weighted by molar-refractivity contribution is 0.0600. The quantitative estimate of drug-likeness (QED) is 0.813. The highest BCUT2D eigenvalue weighted by molar-refractivity contribution is 5.90. The van der Waals surface area contributed by atoms with Gasteiger partial charge >= 0.3 is 5.97 Å². The van der Waals surface area contributed by atoms with E-state index in [0.29, 0.717) is 11.5 Å². The minimum absolute atomic E-state index is 0.309. The first kappa shape index (κ1) is 14.1. The Morgan fingerprint density at radius 2 is 2.19 bits per heavy atom. The number of nitrogens with zero attached hydrogens (tertiary/aromatic N) is 3. The minimum atomic E-state index is -0.309.